The molecule has 1 heterocycles. The van der Waals surface area contributed by atoms with Gasteiger partial charge in [0.15, 0.2) is 0 Å². The van der Waals surface area contributed by atoms with E-state index in [9.17, 15) is 12.8 Å². The first-order valence-electron chi connectivity index (χ1n) is 6.14. The molecule has 106 valence electrons. The first-order chi connectivity index (χ1) is 8.96. The number of rotatable bonds is 3. The van der Waals surface area contributed by atoms with E-state index in [-0.39, 0.29) is 15.4 Å². The van der Waals surface area contributed by atoms with Gasteiger partial charge in [0.05, 0.1) is 4.90 Å². The lowest BCUT2D eigenvalue weighted by Crippen LogP contribution is -2.47. The largest absolute Gasteiger partial charge is 0.329 e. The molecule has 1 fully saturated rings. The Kier molecular flexibility index (Phi) is 4.60. The normalized spacial score (nSPS) is 21.5. The first-order valence-corrected chi connectivity index (χ1v) is 8.37. The molecule has 1 aromatic carbocycles. The second-order valence-electron chi connectivity index (χ2n) is 4.58. The standard InChI is InChI=1S/C12H16BrFN2O2S/c13-11-7-9(14)4-5-12(11)19(17,18)16-6-2-1-3-10(16)8-15/h4-5,7,10H,1-3,6,8,15H2/t10-/m1/s1. The van der Waals surface area contributed by atoms with Crippen LogP contribution in [0, 0.1) is 5.82 Å². The van der Waals surface area contributed by atoms with Crippen LogP contribution in [-0.2, 0) is 10.0 Å². The predicted molar refractivity (Wildman–Crippen MR) is 74.7 cm³/mol. The molecule has 0 amide bonds. The number of nitrogens with zero attached hydrogens (tertiary/aromatic N) is 1. The monoisotopic (exact) mass is 350 g/mol. The lowest BCUT2D eigenvalue weighted by atomic mass is 10.1. The van der Waals surface area contributed by atoms with Gasteiger partial charge in [-0.25, -0.2) is 12.8 Å². The SMILES string of the molecule is NC[C@H]1CCCCN1S(=O)(=O)c1ccc(F)cc1Br. The molecule has 1 aliphatic rings. The smallest absolute Gasteiger partial charge is 0.244 e. The van der Waals surface area contributed by atoms with Crippen molar-refractivity contribution in [3.8, 4) is 0 Å². The molecule has 1 aromatic rings. The van der Waals surface area contributed by atoms with Crippen LogP contribution >= 0.6 is 15.9 Å². The van der Waals surface area contributed by atoms with E-state index in [1.807, 2.05) is 0 Å². The van der Waals surface area contributed by atoms with Crippen molar-refractivity contribution in [2.45, 2.75) is 30.2 Å². The van der Waals surface area contributed by atoms with Gasteiger partial charge in [0.25, 0.3) is 0 Å². The van der Waals surface area contributed by atoms with Crippen molar-refractivity contribution in [3.63, 3.8) is 0 Å². The van der Waals surface area contributed by atoms with E-state index in [0.29, 0.717) is 13.1 Å². The van der Waals surface area contributed by atoms with Gasteiger partial charge in [0, 0.05) is 23.6 Å². The lowest BCUT2D eigenvalue weighted by molar-refractivity contribution is 0.257. The molecule has 0 bridgehead atoms. The van der Waals surface area contributed by atoms with Crippen molar-refractivity contribution in [2.75, 3.05) is 13.1 Å². The summed E-state index contributed by atoms with van der Waals surface area (Å²) in [7, 11) is -3.63. The fourth-order valence-corrected chi connectivity index (χ4v) is 5.05. The minimum absolute atomic E-state index is 0.0919. The van der Waals surface area contributed by atoms with Crippen molar-refractivity contribution in [3.05, 3.63) is 28.5 Å². The Labute approximate surface area is 121 Å². The van der Waals surface area contributed by atoms with Crippen LogP contribution in [0.5, 0.6) is 0 Å². The molecule has 2 N–H and O–H groups in total. The fraction of sp³-hybridized carbons (Fsp3) is 0.500. The summed E-state index contributed by atoms with van der Waals surface area (Å²) in [5, 5.41) is 0. The fourth-order valence-electron chi connectivity index (χ4n) is 2.34. The molecule has 0 unspecified atom stereocenters. The molecule has 4 nitrogen and oxygen atoms in total. The molecule has 0 radical (unpaired) electrons. The second-order valence-corrected chi connectivity index (χ2v) is 7.29. The van der Waals surface area contributed by atoms with Crippen molar-refractivity contribution >= 4 is 26.0 Å². The molecular formula is C12H16BrFN2O2S. The van der Waals surface area contributed by atoms with Crippen LogP contribution in [0.2, 0.25) is 0 Å². The number of halogens is 2. The van der Waals surface area contributed by atoms with Crippen LogP contribution in [0.15, 0.2) is 27.6 Å². The molecule has 19 heavy (non-hydrogen) atoms. The van der Waals surface area contributed by atoms with E-state index in [1.165, 1.54) is 10.4 Å². The summed E-state index contributed by atoms with van der Waals surface area (Å²) in [6.07, 6.45) is 2.58. The summed E-state index contributed by atoms with van der Waals surface area (Å²) in [5.41, 5.74) is 5.65. The van der Waals surface area contributed by atoms with Gasteiger partial charge in [0.1, 0.15) is 5.82 Å². The topological polar surface area (TPSA) is 63.4 Å². The van der Waals surface area contributed by atoms with E-state index in [2.05, 4.69) is 15.9 Å². The van der Waals surface area contributed by atoms with Crippen LogP contribution < -0.4 is 5.73 Å². The Balaban J connectivity index is 2.40. The van der Waals surface area contributed by atoms with E-state index < -0.39 is 15.8 Å². The van der Waals surface area contributed by atoms with Crippen molar-refractivity contribution in [1.29, 1.82) is 0 Å². The minimum atomic E-state index is -3.63. The molecule has 1 atom stereocenters. The lowest BCUT2D eigenvalue weighted by Gasteiger charge is -2.34. The van der Waals surface area contributed by atoms with Crippen LogP contribution in [0.4, 0.5) is 4.39 Å². The van der Waals surface area contributed by atoms with Gasteiger partial charge < -0.3 is 5.73 Å². The van der Waals surface area contributed by atoms with Gasteiger partial charge in [-0.15, -0.1) is 0 Å². The maximum atomic E-state index is 13.1. The number of hydrogen-bond donors (Lipinski definition) is 1. The summed E-state index contributed by atoms with van der Waals surface area (Å²) in [6.45, 7) is 0.770. The highest BCUT2D eigenvalue weighted by atomic mass is 79.9. The number of piperidine rings is 1. The third-order valence-electron chi connectivity index (χ3n) is 3.33. The number of hydrogen-bond acceptors (Lipinski definition) is 3. The van der Waals surface area contributed by atoms with E-state index >= 15 is 0 Å². The van der Waals surface area contributed by atoms with Gasteiger partial charge in [-0.1, -0.05) is 6.42 Å². The Hall–Kier alpha value is -0.500. The first kappa shape index (κ1) is 14.9. The Morgan fingerprint density at radius 2 is 2.16 bits per heavy atom. The molecule has 2 rings (SSSR count). The molecule has 0 aromatic heterocycles. The number of benzene rings is 1. The van der Waals surface area contributed by atoms with E-state index in [0.717, 1.165) is 31.4 Å². The molecule has 0 aliphatic carbocycles. The third-order valence-corrected chi connectivity index (χ3v) is 6.25. The Bertz CT molecular complexity index is 565. The zero-order valence-corrected chi connectivity index (χ0v) is 12.8. The van der Waals surface area contributed by atoms with E-state index in [1.54, 1.807) is 0 Å². The minimum Gasteiger partial charge on any atom is -0.329 e. The molecule has 1 aliphatic heterocycles. The maximum absolute atomic E-state index is 13.1. The van der Waals surface area contributed by atoms with E-state index in [4.69, 9.17) is 5.73 Å². The zero-order chi connectivity index (χ0) is 14.0. The van der Waals surface area contributed by atoms with Gasteiger partial charge >= 0.3 is 0 Å². The van der Waals surface area contributed by atoms with Gasteiger partial charge in [-0.3, -0.25) is 0 Å². The zero-order valence-electron chi connectivity index (χ0n) is 10.4. The summed E-state index contributed by atoms with van der Waals surface area (Å²) >= 11 is 3.11. The van der Waals surface area contributed by atoms with Gasteiger partial charge in [-0.2, -0.15) is 4.31 Å². The van der Waals surface area contributed by atoms with Gasteiger partial charge in [0.2, 0.25) is 10.0 Å². The third kappa shape index (κ3) is 2.99. The highest BCUT2D eigenvalue weighted by molar-refractivity contribution is 9.10. The Morgan fingerprint density at radius 3 is 2.79 bits per heavy atom. The van der Waals surface area contributed by atoms with Crippen LogP contribution in [-0.4, -0.2) is 31.9 Å². The van der Waals surface area contributed by atoms with Gasteiger partial charge in [-0.05, 0) is 47.0 Å². The number of sulfonamides is 1. The highest BCUT2D eigenvalue weighted by Crippen LogP contribution is 2.29. The molecule has 1 saturated heterocycles. The predicted octanol–water partition coefficient (Wildman–Crippen LogP) is 2.09. The molecule has 0 spiro atoms. The van der Waals surface area contributed by atoms with Crippen molar-refractivity contribution < 1.29 is 12.8 Å². The summed E-state index contributed by atoms with van der Waals surface area (Å²) < 4.78 is 40.0. The Morgan fingerprint density at radius 1 is 1.42 bits per heavy atom. The number of nitrogens with two attached hydrogens (primary N) is 1. The van der Waals surface area contributed by atoms with Crippen molar-refractivity contribution in [1.82, 2.24) is 4.31 Å². The molecule has 0 saturated carbocycles. The average Bonchev–Trinajstić information content (AvgIpc) is 2.38. The second kappa shape index (κ2) is 5.87. The van der Waals surface area contributed by atoms with Crippen molar-refractivity contribution in [2.24, 2.45) is 5.73 Å². The molecular weight excluding hydrogens is 335 g/mol. The summed E-state index contributed by atoms with van der Waals surface area (Å²) in [5.74, 6) is -0.472. The quantitative estimate of drug-likeness (QED) is 0.907. The average molecular weight is 351 g/mol. The molecule has 7 heteroatoms. The highest BCUT2D eigenvalue weighted by Gasteiger charge is 2.33. The van der Waals surface area contributed by atoms with Crippen LogP contribution in [0.25, 0.3) is 0 Å². The maximum Gasteiger partial charge on any atom is 0.244 e. The summed E-state index contributed by atoms with van der Waals surface area (Å²) in [4.78, 5) is 0.0919. The summed E-state index contributed by atoms with van der Waals surface area (Å²) in [6, 6.07) is 3.43. The van der Waals surface area contributed by atoms with Crippen LogP contribution in [0.1, 0.15) is 19.3 Å². The van der Waals surface area contributed by atoms with Crippen LogP contribution in [0.3, 0.4) is 0 Å².